The number of benzene rings is 3. The number of hydrogen-bond acceptors (Lipinski definition) is 4. The summed E-state index contributed by atoms with van der Waals surface area (Å²) in [5.74, 6) is -1.45. The van der Waals surface area contributed by atoms with Gasteiger partial charge in [0.25, 0.3) is 5.91 Å². The topological polar surface area (TPSA) is 84.5 Å². The van der Waals surface area contributed by atoms with Gasteiger partial charge in [-0.05, 0) is 53.4 Å². The molecule has 0 aliphatic rings. The van der Waals surface area contributed by atoms with Crippen LogP contribution in [0.5, 0.6) is 0 Å². The molecule has 0 aliphatic heterocycles. The van der Waals surface area contributed by atoms with Crippen LogP contribution in [-0.2, 0) is 22.8 Å². The minimum absolute atomic E-state index is 0.0329. The van der Waals surface area contributed by atoms with E-state index in [0.717, 1.165) is 23.1 Å². The van der Waals surface area contributed by atoms with Crippen LogP contribution in [0, 0.1) is 0 Å². The molecule has 2 N–H and O–H groups in total. The number of hydrogen-bond donors (Lipinski definition) is 2. The summed E-state index contributed by atoms with van der Waals surface area (Å²) in [5.41, 5.74) is 1.83. The molecule has 0 atom stereocenters. The van der Waals surface area contributed by atoms with Crippen molar-refractivity contribution in [3.8, 4) is 0 Å². The molecule has 5 rings (SSSR count). The summed E-state index contributed by atoms with van der Waals surface area (Å²) in [6, 6.07) is 16.9. The predicted octanol–water partition coefficient (Wildman–Crippen LogP) is 7.93. The average molecular weight is 535 g/mol. The number of anilines is 2. The highest BCUT2D eigenvalue weighted by Crippen LogP contribution is 2.34. The zero-order valence-electron chi connectivity index (χ0n) is 21.4. The lowest BCUT2D eigenvalue weighted by atomic mass is 9.86. The van der Waals surface area contributed by atoms with E-state index in [-0.39, 0.29) is 29.0 Å². The molecule has 9 heteroatoms. The average Bonchev–Trinajstić information content (AvgIpc) is 3.44. The molecule has 0 saturated heterocycles. The summed E-state index contributed by atoms with van der Waals surface area (Å²) in [5, 5.41) is 6.50. The Morgan fingerprint density at radius 1 is 0.821 bits per heavy atom. The second kappa shape index (κ2) is 9.65. The molecule has 5 aromatic rings. The fourth-order valence-corrected chi connectivity index (χ4v) is 4.33. The van der Waals surface area contributed by atoms with Crippen LogP contribution in [0.2, 0.25) is 0 Å². The van der Waals surface area contributed by atoms with Gasteiger partial charge in [0.15, 0.2) is 0 Å². The van der Waals surface area contributed by atoms with Gasteiger partial charge < -0.3 is 19.5 Å². The van der Waals surface area contributed by atoms with Crippen LogP contribution in [0.4, 0.5) is 24.5 Å². The van der Waals surface area contributed by atoms with E-state index in [2.05, 4.69) is 31.4 Å². The molecular weight excluding hydrogens is 509 g/mol. The molecule has 39 heavy (non-hydrogen) atoms. The number of halogens is 3. The second-order valence-electron chi connectivity index (χ2n) is 10.3. The maximum Gasteiger partial charge on any atom is 0.416 e. The quantitative estimate of drug-likeness (QED) is 0.240. The number of para-hydroxylation sites is 1. The number of rotatable bonds is 5. The molecule has 0 saturated carbocycles. The summed E-state index contributed by atoms with van der Waals surface area (Å²) >= 11 is 0. The molecule has 0 aliphatic carbocycles. The number of furan rings is 2. The number of fused-ring (bicyclic) bond motifs is 2. The SMILES string of the molecule is CC(C)(C)c1ccc2occ(CC(=O)Nc3c(C(=O)Nc4cccc(C(F)(F)F)c4)oc4ccccc34)c2c1. The molecule has 6 nitrogen and oxygen atoms in total. The Kier molecular flexibility index (Phi) is 6.46. The lowest BCUT2D eigenvalue weighted by Crippen LogP contribution is -2.18. The molecule has 2 aromatic heterocycles. The number of amides is 2. The van der Waals surface area contributed by atoms with Gasteiger partial charge in [-0.25, -0.2) is 0 Å². The Morgan fingerprint density at radius 2 is 1.59 bits per heavy atom. The van der Waals surface area contributed by atoms with Gasteiger partial charge in [-0.1, -0.05) is 45.0 Å². The van der Waals surface area contributed by atoms with Crippen LogP contribution < -0.4 is 10.6 Å². The number of carbonyl (C=O) groups is 2. The molecule has 3 aromatic carbocycles. The third kappa shape index (κ3) is 5.38. The Bertz CT molecular complexity index is 1710. The van der Waals surface area contributed by atoms with Gasteiger partial charge in [-0.15, -0.1) is 0 Å². The largest absolute Gasteiger partial charge is 0.464 e. The van der Waals surface area contributed by atoms with Gasteiger partial charge in [-0.3, -0.25) is 9.59 Å². The van der Waals surface area contributed by atoms with E-state index in [9.17, 15) is 22.8 Å². The molecule has 0 fully saturated rings. The highest BCUT2D eigenvalue weighted by Gasteiger charge is 2.31. The fourth-order valence-electron chi connectivity index (χ4n) is 4.33. The van der Waals surface area contributed by atoms with Crippen LogP contribution in [-0.4, -0.2) is 11.8 Å². The van der Waals surface area contributed by atoms with Gasteiger partial charge in [0, 0.05) is 22.0 Å². The van der Waals surface area contributed by atoms with Crippen molar-refractivity contribution in [2.75, 3.05) is 10.6 Å². The fraction of sp³-hybridized carbons (Fsp3) is 0.200. The number of alkyl halides is 3. The smallest absolute Gasteiger partial charge is 0.416 e. The first-order valence-corrected chi connectivity index (χ1v) is 12.2. The monoisotopic (exact) mass is 534 g/mol. The third-order valence-electron chi connectivity index (χ3n) is 6.38. The summed E-state index contributed by atoms with van der Waals surface area (Å²) in [4.78, 5) is 26.3. The Labute approximate surface area is 221 Å². The summed E-state index contributed by atoms with van der Waals surface area (Å²) in [7, 11) is 0. The van der Waals surface area contributed by atoms with Gasteiger partial charge in [0.05, 0.1) is 18.2 Å². The molecule has 0 bridgehead atoms. The lowest BCUT2D eigenvalue weighted by Gasteiger charge is -2.18. The van der Waals surface area contributed by atoms with Crippen molar-refractivity contribution in [3.05, 3.63) is 95.4 Å². The van der Waals surface area contributed by atoms with Crippen LogP contribution in [0.15, 0.2) is 81.8 Å². The number of carbonyl (C=O) groups excluding carboxylic acids is 2. The van der Waals surface area contributed by atoms with Crippen LogP contribution in [0.25, 0.3) is 21.9 Å². The van der Waals surface area contributed by atoms with E-state index >= 15 is 0 Å². The van der Waals surface area contributed by atoms with Crippen molar-refractivity contribution in [2.24, 2.45) is 0 Å². The van der Waals surface area contributed by atoms with Crippen molar-refractivity contribution in [3.63, 3.8) is 0 Å². The zero-order chi connectivity index (χ0) is 27.9. The molecular formula is C30H25F3N2O4. The van der Waals surface area contributed by atoms with Crippen molar-refractivity contribution >= 4 is 45.1 Å². The maximum absolute atomic E-state index is 13.2. The predicted molar refractivity (Wildman–Crippen MR) is 143 cm³/mol. The standard InChI is InChI=1S/C30H25F3N2O4/c1-29(2,3)18-11-12-23-22(15-18)17(16-38-23)13-25(36)35-26-21-9-4-5-10-24(21)39-27(26)28(37)34-20-8-6-7-19(14-20)30(31,32)33/h4-12,14-16H,13H2,1-3H3,(H,34,37)(H,35,36). The van der Waals surface area contributed by atoms with Gasteiger partial charge in [-0.2, -0.15) is 13.2 Å². The van der Waals surface area contributed by atoms with E-state index in [1.54, 1.807) is 24.3 Å². The van der Waals surface area contributed by atoms with E-state index in [4.69, 9.17) is 8.83 Å². The van der Waals surface area contributed by atoms with E-state index < -0.39 is 23.6 Å². The Hall–Kier alpha value is -4.53. The Morgan fingerprint density at radius 3 is 2.33 bits per heavy atom. The van der Waals surface area contributed by atoms with Crippen LogP contribution in [0.1, 0.15) is 48.0 Å². The van der Waals surface area contributed by atoms with E-state index in [1.807, 2.05) is 18.2 Å². The van der Waals surface area contributed by atoms with Crippen molar-refractivity contribution in [2.45, 2.75) is 38.8 Å². The molecule has 2 amide bonds. The lowest BCUT2D eigenvalue weighted by molar-refractivity contribution is -0.137. The molecule has 0 spiro atoms. The first kappa shape index (κ1) is 26.1. The van der Waals surface area contributed by atoms with E-state index in [1.165, 1.54) is 18.4 Å². The first-order chi connectivity index (χ1) is 18.4. The highest BCUT2D eigenvalue weighted by atomic mass is 19.4. The highest BCUT2D eigenvalue weighted by molar-refractivity contribution is 6.14. The maximum atomic E-state index is 13.2. The summed E-state index contributed by atoms with van der Waals surface area (Å²) < 4.78 is 50.7. The minimum atomic E-state index is -4.57. The molecule has 0 unspecified atom stereocenters. The van der Waals surface area contributed by atoms with Crippen molar-refractivity contribution < 1.29 is 31.6 Å². The minimum Gasteiger partial charge on any atom is -0.464 e. The number of nitrogens with one attached hydrogen (secondary N) is 2. The van der Waals surface area contributed by atoms with Gasteiger partial charge in [0.2, 0.25) is 11.7 Å². The third-order valence-corrected chi connectivity index (χ3v) is 6.38. The van der Waals surface area contributed by atoms with Crippen molar-refractivity contribution in [1.29, 1.82) is 0 Å². The first-order valence-electron chi connectivity index (χ1n) is 12.2. The van der Waals surface area contributed by atoms with Gasteiger partial charge in [0.1, 0.15) is 16.9 Å². The summed E-state index contributed by atoms with van der Waals surface area (Å²) in [6.45, 7) is 6.28. The van der Waals surface area contributed by atoms with Crippen LogP contribution >= 0.6 is 0 Å². The summed E-state index contributed by atoms with van der Waals surface area (Å²) in [6.07, 6.45) is -3.07. The zero-order valence-corrected chi connectivity index (χ0v) is 21.4. The van der Waals surface area contributed by atoms with E-state index in [0.29, 0.717) is 22.1 Å². The van der Waals surface area contributed by atoms with Gasteiger partial charge >= 0.3 is 6.18 Å². The molecule has 200 valence electrons. The second-order valence-corrected chi connectivity index (χ2v) is 10.3. The molecule has 2 heterocycles. The Balaban J connectivity index is 1.43. The van der Waals surface area contributed by atoms with Crippen LogP contribution in [0.3, 0.4) is 0 Å². The normalized spacial score (nSPS) is 12.2. The molecule has 0 radical (unpaired) electrons. The van der Waals surface area contributed by atoms with Crippen molar-refractivity contribution in [1.82, 2.24) is 0 Å².